The van der Waals surface area contributed by atoms with Crippen LogP contribution in [0.3, 0.4) is 0 Å². The van der Waals surface area contributed by atoms with Gasteiger partial charge in [0, 0.05) is 19.6 Å². The maximum Gasteiger partial charge on any atom is 0.309 e. The van der Waals surface area contributed by atoms with Crippen molar-refractivity contribution in [1.29, 1.82) is 0 Å². The fraction of sp³-hybridized carbons (Fsp3) is 0.556. The Bertz CT molecular complexity index is 752. The highest BCUT2D eigenvalue weighted by Crippen LogP contribution is 2.21. The number of hydrogen-bond acceptors (Lipinski definition) is 6. The molecule has 2 amide bonds. The molecule has 1 aromatic rings. The summed E-state index contributed by atoms with van der Waals surface area (Å²) in [5.74, 6) is -1.56. The fourth-order valence-electron chi connectivity index (χ4n) is 2.88. The van der Waals surface area contributed by atoms with Crippen LogP contribution in [0.25, 0.3) is 0 Å². The molecule has 2 rings (SSSR count). The zero-order valence-electron chi connectivity index (χ0n) is 16.3. The number of ether oxygens (including phenoxy) is 1. The molecule has 1 aliphatic rings. The molecule has 1 aliphatic heterocycles. The van der Waals surface area contributed by atoms with Crippen LogP contribution < -0.4 is 10.6 Å². The first-order chi connectivity index (χ1) is 13.4. The van der Waals surface area contributed by atoms with Crippen LogP contribution in [0, 0.1) is 0 Å². The van der Waals surface area contributed by atoms with E-state index in [1.807, 2.05) is 13.8 Å². The predicted molar refractivity (Wildman–Crippen MR) is 104 cm³/mol. The van der Waals surface area contributed by atoms with Gasteiger partial charge in [-0.2, -0.15) is 4.31 Å². The number of amides is 2. The summed E-state index contributed by atoms with van der Waals surface area (Å²) < 4.78 is 32.1. The van der Waals surface area contributed by atoms with E-state index in [1.54, 1.807) is 18.2 Å². The minimum absolute atomic E-state index is 0.103. The highest BCUT2D eigenvalue weighted by atomic mass is 32.2. The number of carbonyl (C=O) groups excluding carboxylic acids is 2. The standard InChI is InChI=1S/C18H28N4O5S/c1-3-21(4-2)11-10-19-17(23)18(24)20-14-16-22(12-13-27-16)28(25,26)15-8-6-5-7-9-15/h5-9,16H,3-4,10-14H2,1-2H3,(H,19,23)(H,20,24)/t16-/m0/s1. The number of hydrogen-bond donors (Lipinski definition) is 2. The van der Waals surface area contributed by atoms with Gasteiger partial charge in [0.25, 0.3) is 0 Å². The minimum Gasteiger partial charge on any atom is -0.359 e. The molecule has 0 unspecified atom stereocenters. The van der Waals surface area contributed by atoms with Crippen LogP contribution in [0.1, 0.15) is 13.8 Å². The Morgan fingerprint density at radius 2 is 1.79 bits per heavy atom. The summed E-state index contributed by atoms with van der Waals surface area (Å²) in [6.45, 7) is 7.10. The van der Waals surface area contributed by atoms with Crippen molar-refractivity contribution in [2.24, 2.45) is 0 Å². The molecule has 1 saturated heterocycles. The molecule has 2 N–H and O–H groups in total. The lowest BCUT2D eigenvalue weighted by atomic mass is 10.4. The monoisotopic (exact) mass is 412 g/mol. The zero-order valence-corrected chi connectivity index (χ0v) is 17.1. The molecule has 9 nitrogen and oxygen atoms in total. The van der Waals surface area contributed by atoms with Crippen LogP contribution in [-0.2, 0) is 24.3 Å². The summed E-state index contributed by atoms with van der Waals surface area (Å²) in [4.78, 5) is 26.2. The molecule has 0 spiro atoms. The highest BCUT2D eigenvalue weighted by Gasteiger charge is 2.36. The summed E-state index contributed by atoms with van der Waals surface area (Å²) in [6.07, 6.45) is -0.849. The van der Waals surface area contributed by atoms with Crippen molar-refractivity contribution in [2.45, 2.75) is 25.0 Å². The van der Waals surface area contributed by atoms with Gasteiger partial charge >= 0.3 is 11.8 Å². The van der Waals surface area contributed by atoms with Gasteiger partial charge in [0.1, 0.15) is 6.23 Å². The Balaban J connectivity index is 1.86. The average Bonchev–Trinajstić information content (AvgIpc) is 3.19. The Kier molecular flexibility index (Phi) is 8.36. The van der Waals surface area contributed by atoms with Crippen LogP contribution in [-0.4, -0.2) is 81.5 Å². The Morgan fingerprint density at radius 1 is 1.14 bits per heavy atom. The number of likely N-dealkylation sites (N-methyl/N-ethyl adjacent to an activating group) is 1. The van der Waals surface area contributed by atoms with Crippen molar-refractivity contribution in [3.63, 3.8) is 0 Å². The molecular formula is C18H28N4O5S. The van der Waals surface area contributed by atoms with E-state index in [2.05, 4.69) is 15.5 Å². The van der Waals surface area contributed by atoms with Crippen LogP contribution in [0.15, 0.2) is 35.2 Å². The van der Waals surface area contributed by atoms with E-state index < -0.39 is 28.1 Å². The number of benzene rings is 1. The first-order valence-corrected chi connectivity index (χ1v) is 10.8. The van der Waals surface area contributed by atoms with Crippen molar-refractivity contribution < 1.29 is 22.7 Å². The van der Waals surface area contributed by atoms with Gasteiger partial charge in [-0.25, -0.2) is 8.42 Å². The van der Waals surface area contributed by atoms with E-state index in [0.29, 0.717) is 13.1 Å². The maximum absolute atomic E-state index is 12.7. The van der Waals surface area contributed by atoms with Crippen molar-refractivity contribution in [3.8, 4) is 0 Å². The van der Waals surface area contributed by atoms with E-state index in [-0.39, 0.29) is 24.6 Å². The van der Waals surface area contributed by atoms with E-state index in [4.69, 9.17) is 4.74 Å². The molecule has 1 fully saturated rings. The molecule has 0 saturated carbocycles. The third-order valence-corrected chi connectivity index (χ3v) is 6.45. The van der Waals surface area contributed by atoms with Gasteiger partial charge in [0.05, 0.1) is 18.0 Å². The largest absolute Gasteiger partial charge is 0.359 e. The third kappa shape index (κ3) is 5.74. The van der Waals surface area contributed by atoms with E-state index in [1.165, 1.54) is 16.4 Å². The van der Waals surface area contributed by atoms with Crippen molar-refractivity contribution >= 4 is 21.8 Å². The first kappa shape index (κ1) is 22.3. The number of carbonyl (C=O) groups is 2. The molecule has 1 heterocycles. The summed E-state index contributed by atoms with van der Waals surface area (Å²) in [6, 6.07) is 8.03. The van der Waals surface area contributed by atoms with Gasteiger partial charge in [-0.1, -0.05) is 32.0 Å². The minimum atomic E-state index is -3.73. The lowest BCUT2D eigenvalue weighted by molar-refractivity contribution is -0.139. The van der Waals surface area contributed by atoms with Gasteiger partial charge < -0.3 is 20.3 Å². The molecule has 28 heavy (non-hydrogen) atoms. The topological polar surface area (TPSA) is 108 Å². The second-order valence-corrected chi connectivity index (χ2v) is 8.14. The van der Waals surface area contributed by atoms with E-state index in [0.717, 1.165) is 13.1 Å². The lowest BCUT2D eigenvalue weighted by Gasteiger charge is -2.23. The Hall–Kier alpha value is -2.01. The highest BCUT2D eigenvalue weighted by molar-refractivity contribution is 7.89. The van der Waals surface area contributed by atoms with Gasteiger partial charge in [-0.15, -0.1) is 0 Å². The van der Waals surface area contributed by atoms with Gasteiger partial charge in [-0.3, -0.25) is 9.59 Å². The molecule has 1 atom stereocenters. The normalized spacial score (nSPS) is 17.6. The Labute approximate surface area is 166 Å². The maximum atomic E-state index is 12.7. The number of nitrogens with zero attached hydrogens (tertiary/aromatic N) is 2. The average molecular weight is 413 g/mol. The third-order valence-electron chi connectivity index (χ3n) is 4.54. The van der Waals surface area contributed by atoms with Crippen molar-refractivity contribution in [3.05, 3.63) is 30.3 Å². The first-order valence-electron chi connectivity index (χ1n) is 9.37. The van der Waals surface area contributed by atoms with Crippen LogP contribution in [0.2, 0.25) is 0 Å². The predicted octanol–water partition coefficient (Wildman–Crippen LogP) is -0.392. The number of nitrogens with one attached hydrogen (secondary N) is 2. The molecule has 0 aromatic heterocycles. The molecule has 10 heteroatoms. The zero-order chi connectivity index (χ0) is 20.6. The smallest absolute Gasteiger partial charge is 0.309 e. The summed E-state index contributed by atoms with van der Waals surface area (Å²) in [5, 5.41) is 5.01. The van der Waals surface area contributed by atoms with Crippen molar-refractivity contribution in [2.75, 3.05) is 45.9 Å². The SMILES string of the molecule is CCN(CC)CCNC(=O)C(=O)NC[C@@H]1OCCN1S(=O)(=O)c1ccccc1. The molecule has 0 radical (unpaired) electrons. The van der Waals surface area contributed by atoms with E-state index >= 15 is 0 Å². The molecular weight excluding hydrogens is 384 g/mol. The number of rotatable bonds is 9. The van der Waals surface area contributed by atoms with Gasteiger partial charge in [0.15, 0.2) is 0 Å². The van der Waals surface area contributed by atoms with E-state index in [9.17, 15) is 18.0 Å². The van der Waals surface area contributed by atoms with Gasteiger partial charge in [0.2, 0.25) is 10.0 Å². The molecule has 0 aliphatic carbocycles. The molecule has 156 valence electrons. The van der Waals surface area contributed by atoms with Gasteiger partial charge in [-0.05, 0) is 25.2 Å². The number of sulfonamides is 1. The lowest BCUT2D eigenvalue weighted by Crippen LogP contribution is -2.48. The fourth-order valence-corrected chi connectivity index (χ4v) is 4.41. The quantitative estimate of drug-likeness (QED) is 0.535. The second-order valence-electron chi connectivity index (χ2n) is 6.25. The summed E-state index contributed by atoms with van der Waals surface area (Å²) in [5.41, 5.74) is 0. The summed E-state index contributed by atoms with van der Waals surface area (Å²) >= 11 is 0. The second kappa shape index (κ2) is 10.5. The summed E-state index contributed by atoms with van der Waals surface area (Å²) in [7, 11) is -3.73. The Morgan fingerprint density at radius 3 is 2.43 bits per heavy atom. The molecule has 0 bridgehead atoms. The van der Waals surface area contributed by atoms with Crippen molar-refractivity contribution in [1.82, 2.24) is 19.8 Å². The van der Waals surface area contributed by atoms with Crippen LogP contribution in [0.4, 0.5) is 0 Å². The van der Waals surface area contributed by atoms with Crippen LogP contribution in [0.5, 0.6) is 0 Å². The molecule has 1 aromatic carbocycles. The van der Waals surface area contributed by atoms with Crippen LogP contribution >= 0.6 is 0 Å².